The molecule has 0 unspecified atom stereocenters. The Morgan fingerprint density at radius 3 is 2.64 bits per heavy atom. The number of aryl methyl sites for hydroxylation is 1. The molecule has 0 amide bonds. The van der Waals surface area contributed by atoms with Gasteiger partial charge in [0.05, 0.1) is 11.3 Å². The third kappa shape index (κ3) is 1.48. The predicted molar refractivity (Wildman–Crippen MR) is 41.8 cm³/mol. The van der Waals surface area contributed by atoms with Crippen LogP contribution in [0.1, 0.15) is 17.5 Å². The van der Waals surface area contributed by atoms with Gasteiger partial charge in [-0.15, -0.1) is 0 Å². The average molecular weight is 175 g/mol. The van der Waals surface area contributed by atoms with Gasteiger partial charge in [-0.05, 0) is 18.5 Å². The molecule has 0 saturated heterocycles. The van der Waals surface area contributed by atoms with Crippen molar-refractivity contribution in [3.05, 3.63) is 11.3 Å². The standard InChI is InChI=1S/C5H9N3O2S/c1-2-3(5(9)10)4(7-6)11-8-2/h5,7,9-10H,6H2,1H3. The first-order valence-electron chi connectivity index (χ1n) is 2.95. The molecule has 0 bridgehead atoms. The highest BCUT2D eigenvalue weighted by Gasteiger charge is 2.15. The second kappa shape index (κ2) is 3.14. The first-order valence-corrected chi connectivity index (χ1v) is 3.73. The van der Waals surface area contributed by atoms with E-state index >= 15 is 0 Å². The summed E-state index contributed by atoms with van der Waals surface area (Å²) in [6.45, 7) is 1.69. The Balaban J connectivity index is 3.07. The van der Waals surface area contributed by atoms with Crippen molar-refractivity contribution in [1.82, 2.24) is 4.37 Å². The molecule has 0 aliphatic rings. The summed E-state index contributed by atoms with van der Waals surface area (Å²) in [6, 6.07) is 0. The van der Waals surface area contributed by atoms with Crippen molar-refractivity contribution >= 4 is 16.5 Å². The van der Waals surface area contributed by atoms with Crippen molar-refractivity contribution in [3.63, 3.8) is 0 Å². The van der Waals surface area contributed by atoms with Gasteiger partial charge in [-0.1, -0.05) is 0 Å². The molecule has 1 rings (SSSR count). The van der Waals surface area contributed by atoms with Crippen molar-refractivity contribution < 1.29 is 10.2 Å². The fourth-order valence-corrected chi connectivity index (χ4v) is 1.52. The lowest BCUT2D eigenvalue weighted by Gasteiger charge is -2.03. The zero-order valence-corrected chi connectivity index (χ0v) is 6.72. The monoisotopic (exact) mass is 175 g/mol. The molecule has 1 aromatic heterocycles. The molecule has 62 valence electrons. The number of rotatable bonds is 2. The molecule has 0 spiro atoms. The first-order chi connectivity index (χ1) is 5.16. The largest absolute Gasteiger partial charge is 0.364 e. The Labute approximate surface area is 67.6 Å². The van der Waals surface area contributed by atoms with Crippen LogP contribution in [-0.2, 0) is 0 Å². The van der Waals surface area contributed by atoms with E-state index in [1.54, 1.807) is 6.92 Å². The van der Waals surface area contributed by atoms with E-state index in [1.807, 2.05) is 0 Å². The van der Waals surface area contributed by atoms with Gasteiger partial charge in [0.1, 0.15) is 5.00 Å². The maximum absolute atomic E-state index is 8.83. The minimum Gasteiger partial charge on any atom is -0.364 e. The van der Waals surface area contributed by atoms with E-state index in [4.69, 9.17) is 16.1 Å². The van der Waals surface area contributed by atoms with E-state index < -0.39 is 6.29 Å². The van der Waals surface area contributed by atoms with Crippen LogP contribution in [0, 0.1) is 6.92 Å². The van der Waals surface area contributed by atoms with Gasteiger partial charge < -0.3 is 15.6 Å². The molecule has 0 fully saturated rings. The highest BCUT2D eigenvalue weighted by molar-refractivity contribution is 7.10. The summed E-state index contributed by atoms with van der Waals surface area (Å²) in [5.41, 5.74) is 3.26. The molecule has 1 aromatic rings. The topological polar surface area (TPSA) is 91.4 Å². The second-order valence-electron chi connectivity index (χ2n) is 2.03. The van der Waals surface area contributed by atoms with E-state index in [-0.39, 0.29) is 0 Å². The highest BCUT2D eigenvalue weighted by atomic mass is 32.1. The van der Waals surface area contributed by atoms with Crippen LogP contribution in [0.3, 0.4) is 0 Å². The molecule has 5 N–H and O–H groups in total. The fourth-order valence-electron chi connectivity index (χ4n) is 0.785. The summed E-state index contributed by atoms with van der Waals surface area (Å²) < 4.78 is 3.89. The average Bonchev–Trinajstić information content (AvgIpc) is 2.30. The summed E-state index contributed by atoms with van der Waals surface area (Å²) in [5.74, 6) is 5.10. The van der Waals surface area contributed by atoms with E-state index in [9.17, 15) is 0 Å². The van der Waals surface area contributed by atoms with E-state index in [0.717, 1.165) is 11.5 Å². The number of nitrogens with two attached hydrogens (primary N) is 1. The predicted octanol–water partition coefficient (Wildman–Crippen LogP) is -0.280. The van der Waals surface area contributed by atoms with Gasteiger partial charge in [-0.2, -0.15) is 4.37 Å². The summed E-state index contributed by atoms with van der Waals surface area (Å²) in [4.78, 5) is 0. The van der Waals surface area contributed by atoms with Gasteiger partial charge in [0, 0.05) is 0 Å². The maximum Gasteiger partial charge on any atom is 0.183 e. The third-order valence-electron chi connectivity index (χ3n) is 1.30. The molecule has 0 saturated carbocycles. The Kier molecular flexibility index (Phi) is 2.40. The molecule has 0 aliphatic heterocycles. The first kappa shape index (κ1) is 8.41. The SMILES string of the molecule is Cc1nsc(NN)c1C(O)O. The molecular formula is C5H9N3O2S. The third-order valence-corrected chi connectivity index (χ3v) is 2.18. The van der Waals surface area contributed by atoms with Crippen LogP contribution in [0.15, 0.2) is 0 Å². The van der Waals surface area contributed by atoms with Crippen LogP contribution in [0.25, 0.3) is 0 Å². The van der Waals surface area contributed by atoms with Gasteiger partial charge in [0.15, 0.2) is 6.29 Å². The van der Waals surface area contributed by atoms with E-state index in [2.05, 4.69) is 9.80 Å². The van der Waals surface area contributed by atoms with Gasteiger partial charge in [0.2, 0.25) is 0 Å². The number of aliphatic hydroxyl groups is 2. The minimum atomic E-state index is -1.51. The Hall–Kier alpha value is -0.690. The Morgan fingerprint density at radius 2 is 2.27 bits per heavy atom. The van der Waals surface area contributed by atoms with Crippen LogP contribution in [0.5, 0.6) is 0 Å². The van der Waals surface area contributed by atoms with Crippen molar-refractivity contribution in [2.45, 2.75) is 13.2 Å². The summed E-state index contributed by atoms with van der Waals surface area (Å²) in [5, 5.41) is 18.1. The Bertz CT molecular complexity index is 248. The molecule has 6 heteroatoms. The number of hydrogen-bond acceptors (Lipinski definition) is 6. The van der Waals surface area contributed by atoms with Crippen LogP contribution in [-0.4, -0.2) is 14.6 Å². The summed E-state index contributed by atoms with van der Waals surface area (Å²) in [7, 11) is 0. The molecule has 11 heavy (non-hydrogen) atoms. The number of anilines is 1. The zero-order chi connectivity index (χ0) is 8.43. The molecule has 0 atom stereocenters. The number of nitrogens with one attached hydrogen (secondary N) is 1. The smallest absolute Gasteiger partial charge is 0.183 e. The van der Waals surface area contributed by atoms with Gasteiger partial charge in [-0.3, -0.25) is 0 Å². The lowest BCUT2D eigenvalue weighted by atomic mass is 10.2. The van der Waals surface area contributed by atoms with Crippen molar-refractivity contribution in [2.75, 3.05) is 5.43 Å². The van der Waals surface area contributed by atoms with Gasteiger partial charge in [-0.25, -0.2) is 5.84 Å². The lowest BCUT2D eigenvalue weighted by Crippen LogP contribution is -2.09. The summed E-state index contributed by atoms with van der Waals surface area (Å²) >= 11 is 1.10. The molecular weight excluding hydrogens is 166 g/mol. The van der Waals surface area contributed by atoms with E-state index in [1.165, 1.54) is 0 Å². The number of hydrogen-bond donors (Lipinski definition) is 4. The number of aliphatic hydroxyl groups excluding tert-OH is 1. The summed E-state index contributed by atoms with van der Waals surface area (Å²) in [6.07, 6.45) is -1.51. The van der Waals surface area contributed by atoms with Crippen LogP contribution >= 0.6 is 11.5 Å². The van der Waals surface area contributed by atoms with Crippen molar-refractivity contribution in [1.29, 1.82) is 0 Å². The number of nitrogen functional groups attached to an aromatic ring is 1. The normalized spacial score (nSPS) is 10.6. The maximum atomic E-state index is 8.83. The highest BCUT2D eigenvalue weighted by Crippen LogP contribution is 2.27. The molecule has 0 radical (unpaired) electrons. The van der Waals surface area contributed by atoms with Crippen molar-refractivity contribution in [3.8, 4) is 0 Å². The van der Waals surface area contributed by atoms with Crippen LogP contribution < -0.4 is 11.3 Å². The number of hydrazine groups is 1. The van der Waals surface area contributed by atoms with Gasteiger partial charge >= 0.3 is 0 Å². The quantitative estimate of drug-likeness (QED) is 0.282. The minimum absolute atomic E-state index is 0.345. The molecule has 0 aromatic carbocycles. The van der Waals surface area contributed by atoms with E-state index in [0.29, 0.717) is 16.3 Å². The lowest BCUT2D eigenvalue weighted by molar-refractivity contribution is -0.0422. The molecule has 1 heterocycles. The fraction of sp³-hybridized carbons (Fsp3) is 0.400. The molecule has 0 aliphatic carbocycles. The Morgan fingerprint density at radius 1 is 1.64 bits per heavy atom. The number of nitrogens with zero attached hydrogens (tertiary/aromatic N) is 1. The second-order valence-corrected chi connectivity index (χ2v) is 2.80. The van der Waals surface area contributed by atoms with Crippen molar-refractivity contribution in [2.24, 2.45) is 5.84 Å². The van der Waals surface area contributed by atoms with Gasteiger partial charge in [0.25, 0.3) is 0 Å². The molecule has 5 nitrogen and oxygen atoms in total. The van der Waals surface area contributed by atoms with Crippen LogP contribution in [0.4, 0.5) is 5.00 Å². The number of aromatic nitrogens is 1. The zero-order valence-electron chi connectivity index (χ0n) is 5.90. The van der Waals surface area contributed by atoms with Crippen LogP contribution in [0.2, 0.25) is 0 Å².